The van der Waals surface area contributed by atoms with Crippen LogP contribution in [0.4, 0.5) is 0 Å². The van der Waals surface area contributed by atoms with E-state index in [1.165, 1.54) is 10.9 Å². The van der Waals surface area contributed by atoms with Crippen LogP contribution in [0.5, 0.6) is 0 Å². The van der Waals surface area contributed by atoms with Gasteiger partial charge in [-0.25, -0.2) is 0 Å². The van der Waals surface area contributed by atoms with Crippen molar-refractivity contribution in [1.29, 1.82) is 0 Å². The van der Waals surface area contributed by atoms with Crippen molar-refractivity contribution in [2.45, 2.75) is 27.2 Å². The Balaban J connectivity index is 2.58. The third-order valence-corrected chi connectivity index (χ3v) is 2.97. The van der Waals surface area contributed by atoms with Gasteiger partial charge < -0.3 is 4.84 Å². The maximum atomic E-state index is 6.06. The molecule has 2 rings (SSSR count). The molecule has 0 radical (unpaired) electrons. The molecule has 0 aliphatic carbocycles. The van der Waals surface area contributed by atoms with Crippen LogP contribution in [-0.4, -0.2) is 11.8 Å². The van der Waals surface area contributed by atoms with E-state index in [-0.39, 0.29) is 5.41 Å². The lowest BCUT2D eigenvalue weighted by Gasteiger charge is -2.17. The molecule has 17 heavy (non-hydrogen) atoms. The van der Waals surface area contributed by atoms with Gasteiger partial charge in [-0.05, 0) is 35.6 Å². The number of halogens is 1. The maximum Gasteiger partial charge on any atom is 0.104 e. The van der Waals surface area contributed by atoms with Gasteiger partial charge in [0.25, 0.3) is 0 Å². The van der Waals surface area contributed by atoms with Gasteiger partial charge in [0, 0.05) is 16.6 Å². The fraction of sp³-hybridized carbons (Fsp3) is 0.429. The van der Waals surface area contributed by atoms with Crippen LogP contribution in [0.15, 0.2) is 24.4 Å². The topological polar surface area (TPSA) is 14.2 Å². The molecule has 0 saturated carbocycles. The lowest BCUT2D eigenvalue weighted by molar-refractivity contribution is 0.178. The quantitative estimate of drug-likeness (QED) is 0.789. The fourth-order valence-corrected chi connectivity index (χ4v) is 2.27. The Labute approximate surface area is 107 Å². The minimum atomic E-state index is 0.245. The Kier molecular flexibility index (Phi) is 3.09. The second-order valence-electron chi connectivity index (χ2n) is 5.56. The number of nitrogens with zero attached hydrogens (tertiary/aromatic N) is 1. The Morgan fingerprint density at radius 2 is 2.00 bits per heavy atom. The highest BCUT2D eigenvalue weighted by Gasteiger charge is 2.16. The maximum absolute atomic E-state index is 6.06. The zero-order valence-corrected chi connectivity index (χ0v) is 11.5. The summed E-state index contributed by atoms with van der Waals surface area (Å²) in [5, 5.41) is 1.94. The molecular formula is C14H18ClNO. The molecular weight excluding hydrogens is 234 g/mol. The van der Waals surface area contributed by atoms with Crippen LogP contribution in [0.25, 0.3) is 10.9 Å². The molecule has 0 aliphatic rings. The normalized spacial score (nSPS) is 12.1. The van der Waals surface area contributed by atoms with Crippen molar-refractivity contribution in [3.63, 3.8) is 0 Å². The molecule has 0 amide bonds. The summed E-state index contributed by atoms with van der Waals surface area (Å²) in [5.74, 6) is 0. The number of fused-ring (bicyclic) bond motifs is 1. The lowest BCUT2D eigenvalue weighted by Crippen LogP contribution is -2.09. The highest BCUT2D eigenvalue weighted by Crippen LogP contribution is 2.29. The van der Waals surface area contributed by atoms with E-state index in [0.29, 0.717) is 0 Å². The molecule has 0 bridgehead atoms. The lowest BCUT2D eigenvalue weighted by atomic mass is 9.88. The molecule has 1 aromatic heterocycles. The van der Waals surface area contributed by atoms with Gasteiger partial charge in [0.05, 0.1) is 5.52 Å². The van der Waals surface area contributed by atoms with Crippen LogP contribution in [0.3, 0.4) is 0 Å². The Morgan fingerprint density at radius 3 is 2.59 bits per heavy atom. The molecule has 0 saturated heterocycles. The zero-order chi connectivity index (χ0) is 12.6. The van der Waals surface area contributed by atoms with Crippen molar-refractivity contribution in [2.24, 2.45) is 5.41 Å². The van der Waals surface area contributed by atoms with Crippen molar-refractivity contribution in [3.8, 4) is 0 Å². The van der Waals surface area contributed by atoms with Crippen LogP contribution >= 0.6 is 11.6 Å². The van der Waals surface area contributed by atoms with Crippen molar-refractivity contribution < 1.29 is 4.84 Å². The molecule has 0 fully saturated rings. The molecule has 0 unspecified atom stereocenters. The summed E-state index contributed by atoms with van der Waals surface area (Å²) in [7, 11) is 1.68. The van der Waals surface area contributed by atoms with Crippen molar-refractivity contribution in [1.82, 2.24) is 4.73 Å². The second kappa shape index (κ2) is 4.26. The Bertz CT molecular complexity index is 537. The van der Waals surface area contributed by atoms with Crippen molar-refractivity contribution >= 4 is 22.5 Å². The monoisotopic (exact) mass is 251 g/mol. The average molecular weight is 252 g/mol. The molecule has 92 valence electrons. The molecule has 1 heterocycles. The number of hydrogen-bond donors (Lipinski definition) is 0. The van der Waals surface area contributed by atoms with Gasteiger partial charge in [-0.2, -0.15) is 4.73 Å². The third-order valence-electron chi connectivity index (χ3n) is 2.73. The summed E-state index contributed by atoms with van der Waals surface area (Å²) in [6, 6.07) is 5.89. The van der Waals surface area contributed by atoms with E-state index < -0.39 is 0 Å². The smallest absolute Gasteiger partial charge is 0.104 e. The van der Waals surface area contributed by atoms with E-state index in [1.807, 2.05) is 24.4 Å². The Hall–Kier alpha value is -1.15. The summed E-state index contributed by atoms with van der Waals surface area (Å²) in [5.41, 5.74) is 2.59. The first kappa shape index (κ1) is 12.3. The molecule has 3 heteroatoms. The molecule has 1 aromatic carbocycles. The van der Waals surface area contributed by atoms with E-state index in [2.05, 4.69) is 20.8 Å². The molecule has 2 aromatic rings. The molecule has 0 N–H and O–H groups in total. The summed E-state index contributed by atoms with van der Waals surface area (Å²) in [4.78, 5) is 5.34. The van der Waals surface area contributed by atoms with Crippen LogP contribution < -0.4 is 4.84 Å². The third kappa shape index (κ3) is 2.58. The number of rotatable bonds is 2. The summed E-state index contributed by atoms with van der Waals surface area (Å²) < 4.78 is 1.80. The number of hydrogen-bond acceptors (Lipinski definition) is 1. The van der Waals surface area contributed by atoms with Crippen molar-refractivity contribution in [3.05, 3.63) is 35.0 Å². The van der Waals surface area contributed by atoms with Gasteiger partial charge in [-0.15, -0.1) is 0 Å². The van der Waals surface area contributed by atoms with Gasteiger partial charge in [0.15, 0.2) is 0 Å². The van der Waals surface area contributed by atoms with Gasteiger partial charge in [0.1, 0.15) is 7.11 Å². The summed E-state index contributed by atoms with van der Waals surface area (Å²) >= 11 is 6.06. The summed E-state index contributed by atoms with van der Waals surface area (Å²) in [6.07, 6.45) is 3.05. The van der Waals surface area contributed by atoms with Gasteiger partial charge in [-0.1, -0.05) is 32.4 Å². The van der Waals surface area contributed by atoms with E-state index >= 15 is 0 Å². The predicted molar refractivity (Wildman–Crippen MR) is 72.6 cm³/mol. The highest BCUT2D eigenvalue weighted by atomic mass is 35.5. The molecule has 0 spiro atoms. The van der Waals surface area contributed by atoms with E-state index in [4.69, 9.17) is 16.4 Å². The van der Waals surface area contributed by atoms with E-state index in [9.17, 15) is 0 Å². The zero-order valence-electron chi connectivity index (χ0n) is 10.7. The molecule has 0 aliphatic heterocycles. The minimum Gasteiger partial charge on any atom is -0.417 e. The van der Waals surface area contributed by atoms with Crippen LogP contribution in [-0.2, 0) is 6.42 Å². The number of benzene rings is 1. The minimum absolute atomic E-state index is 0.245. The van der Waals surface area contributed by atoms with Gasteiger partial charge in [0.2, 0.25) is 0 Å². The van der Waals surface area contributed by atoms with Crippen LogP contribution in [0, 0.1) is 5.41 Å². The first-order valence-corrected chi connectivity index (χ1v) is 6.12. The fourth-order valence-electron chi connectivity index (χ4n) is 2.10. The Morgan fingerprint density at radius 1 is 1.29 bits per heavy atom. The van der Waals surface area contributed by atoms with Gasteiger partial charge >= 0.3 is 0 Å². The highest BCUT2D eigenvalue weighted by molar-refractivity contribution is 6.31. The second-order valence-corrected chi connectivity index (χ2v) is 6.00. The first-order valence-electron chi connectivity index (χ1n) is 5.75. The summed E-state index contributed by atoms with van der Waals surface area (Å²) in [6.45, 7) is 6.69. The molecule has 0 atom stereocenters. The van der Waals surface area contributed by atoms with Crippen LogP contribution in [0.1, 0.15) is 26.3 Å². The van der Waals surface area contributed by atoms with E-state index in [1.54, 1.807) is 11.8 Å². The number of aromatic nitrogens is 1. The van der Waals surface area contributed by atoms with Crippen molar-refractivity contribution in [2.75, 3.05) is 7.11 Å². The molecule has 2 nitrogen and oxygen atoms in total. The van der Waals surface area contributed by atoms with Crippen LogP contribution in [0.2, 0.25) is 5.02 Å². The SMILES string of the molecule is COn1cc(CC(C)(C)C)c2cc(Cl)ccc21. The predicted octanol–water partition coefficient (Wildman–Crippen LogP) is 3.94. The largest absolute Gasteiger partial charge is 0.417 e. The van der Waals surface area contributed by atoms with E-state index in [0.717, 1.165) is 17.0 Å². The average Bonchev–Trinajstić information content (AvgIpc) is 2.54. The van der Waals surface area contributed by atoms with Gasteiger partial charge in [-0.3, -0.25) is 0 Å². The standard InChI is InChI=1S/C14H18ClNO/c1-14(2,3)8-10-9-16(17-4)13-6-5-11(15)7-12(10)13/h5-7,9H,8H2,1-4H3. The first-order chi connectivity index (χ1) is 7.90.